The van der Waals surface area contributed by atoms with Gasteiger partial charge in [-0.15, -0.1) is 0 Å². The summed E-state index contributed by atoms with van der Waals surface area (Å²) in [5, 5.41) is 10.6. The number of benzene rings is 2. The molecule has 7 heteroatoms. The zero-order chi connectivity index (χ0) is 22.1. The lowest BCUT2D eigenvalue weighted by Crippen LogP contribution is -2.35. The van der Waals surface area contributed by atoms with Gasteiger partial charge in [0, 0.05) is 13.1 Å². The van der Waals surface area contributed by atoms with Crippen LogP contribution in [0.2, 0.25) is 0 Å². The minimum absolute atomic E-state index is 0.0610. The Kier molecular flexibility index (Phi) is 8.09. The highest BCUT2D eigenvalue weighted by Crippen LogP contribution is 2.28. The maximum absolute atomic E-state index is 11.1. The average Bonchev–Trinajstić information content (AvgIpc) is 3.30. The van der Waals surface area contributed by atoms with Crippen LogP contribution in [0, 0.1) is 0 Å². The Hall–Kier alpha value is -3.29. The van der Waals surface area contributed by atoms with Gasteiger partial charge in [0.1, 0.15) is 24.2 Å². The van der Waals surface area contributed by atoms with Crippen molar-refractivity contribution in [1.29, 1.82) is 0 Å². The van der Waals surface area contributed by atoms with Crippen molar-refractivity contribution in [3.8, 4) is 17.2 Å². The van der Waals surface area contributed by atoms with Crippen LogP contribution in [0.1, 0.15) is 21.7 Å². The summed E-state index contributed by atoms with van der Waals surface area (Å²) in [5.74, 6) is 2.55. The van der Waals surface area contributed by atoms with Crippen LogP contribution in [0.3, 0.4) is 0 Å². The molecule has 31 heavy (non-hydrogen) atoms. The third kappa shape index (κ3) is 6.34. The van der Waals surface area contributed by atoms with E-state index in [0.717, 1.165) is 17.6 Å². The van der Waals surface area contributed by atoms with E-state index < -0.39 is 6.10 Å². The molecular weight excluding hydrogens is 398 g/mol. The number of nitrogens with zero attached hydrogens (tertiary/aromatic N) is 1. The zero-order valence-corrected chi connectivity index (χ0v) is 17.7. The summed E-state index contributed by atoms with van der Waals surface area (Å²) in [7, 11) is 3.19. The maximum Gasteiger partial charge on any atom is 0.161 e. The highest BCUT2D eigenvalue weighted by atomic mass is 16.5. The number of aldehydes is 1. The van der Waals surface area contributed by atoms with Gasteiger partial charge < -0.3 is 23.7 Å². The number of para-hydroxylation sites is 1. The van der Waals surface area contributed by atoms with Gasteiger partial charge >= 0.3 is 0 Å². The third-order valence-electron chi connectivity index (χ3n) is 4.76. The lowest BCUT2D eigenvalue weighted by Gasteiger charge is -2.25. The predicted octanol–water partition coefficient (Wildman–Crippen LogP) is 3.55. The summed E-state index contributed by atoms with van der Waals surface area (Å²) in [6.07, 6.45) is 1.59. The largest absolute Gasteiger partial charge is 0.493 e. The molecule has 0 fully saturated rings. The van der Waals surface area contributed by atoms with E-state index in [1.54, 1.807) is 44.7 Å². The highest BCUT2D eigenvalue weighted by Gasteiger charge is 2.17. The molecule has 0 aliphatic carbocycles. The van der Waals surface area contributed by atoms with Crippen LogP contribution < -0.4 is 14.2 Å². The number of ether oxygens (including phenoxy) is 3. The number of methoxy groups -OCH3 is 2. The Morgan fingerprint density at radius 1 is 1.00 bits per heavy atom. The number of aliphatic hydroxyl groups excluding tert-OH is 1. The fourth-order valence-electron chi connectivity index (χ4n) is 3.29. The van der Waals surface area contributed by atoms with Crippen molar-refractivity contribution in [2.24, 2.45) is 0 Å². The van der Waals surface area contributed by atoms with Gasteiger partial charge in [-0.1, -0.05) is 18.2 Å². The van der Waals surface area contributed by atoms with Gasteiger partial charge in [0.05, 0.1) is 32.6 Å². The second-order valence-electron chi connectivity index (χ2n) is 7.06. The van der Waals surface area contributed by atoms with E-state index in [-0.39, 0.29) is 6.61 Å². The Morgan fingerprint density at radius 2 is 1.81 bits per heavy atom. The molecule has 164 valence electrons. The van der Waals surface area contributed by atoms with Gasteiger partial charge in [-0.2, -0.15) is 0 Å². The van der Waals surface area contributed by atoms with E-state index in [1.807, 2.05) is 30.3 Å². The molecule has 0 aliphatic heterocycles. The van der Waals surface area contributed by atoms with Crippen LogP contribution in [0.5, 0.6) is 17.2 Å². The van der Waals surface area contributed by atoms with Gasteiger partial charge in [0.15, 0.2) is 17.8 Å². The lowest BCUT2D eigenvalue weighted by molar-refractivity contribution is 0.0600. The van der Waals surface area contributed by atoms with Gasteiger partial charge in [-0.05, 0) is 42.0 Å². The first-order chi connectivity index (χ1) is 15.1. The first-order valence-electron chi connectivity index (χ1n) is 9.93. The number of aliphatic hydroxyl groups is 1. The summed E-state index contributed by atoms with van der Waals surface area (Å²) < 4.78 is 21.9. The first kappa shape index (κ1) is 22.4. The Balaban J connectivity index is 1.67. The van der Waals surface area contributed by atoms with Gasteiger partial charge in [0.2, 0.25) is 0 Å². The quantitative estimate of drug-likeness (QED) is 0.445. The minimum Gasteiger partial charge on any atom is -0.493 e. The number of rotatable bonds is 12. The second kappa shape index (κ2) is 11.2. The number of carbonyl (C=O) groups is 1. The fraction of sp³-hybridized carbons (Fsp3) is 0.292. The monoisotopic (exact) mass is 425 g/mol. The molecule has 0 saturated carbocycles. The molecule has 1 unspecified atom stereocenters. The summed E-state index contributed by atoms with van der Waals surface area (Å²) in [4.78, 5) is 13.2. The van der Waals surface area contributed by atoms with Crippen molar-refractivity contribution >= 4 is 6.29 Å². The molecular formula is C24H27NO6. The molecule has 0 aliphatic rings. The topological polar surface area (TPSA) is 81.4 Å². The molecule has 1 N–H and O–H groups in total. The van der Waals surface area contributed by atoms with Crippen LogP contribution in [0.4, 0.5) is 0 Å². The van der Waals surface area contributed by atoms with Crippen molar-refractivity contribution in [2.75, 3.05) is 27.4 Å². The minimum atomic E-state index is -0.769. The van der Waals surface area contributed by atoms with Crippen molar-refractivity contribution < 1.29 is 28.5 Å². The van der Waals surface area contributed by atoms with Crippen molar-refractivity contribution in [3.05, 3.63) is 77.7 Å². The Bertz CT molecular complexity index is 956. The molecule has 0 saturated heterocycles. The molecule has 1 aromatic heterocycles. The fourth-order valence-corrected chi connectivity index (χ4v) is 3.29. The lowest BCUT2D eigenvalue weighted by atomic mass is 10.1. The van der Waals surface area contributed by atoms with E-state index in [9.17, 15) is 9.90 Å². The Morgan fingerprint density at radius 3 is 2.52 bits per heavy atom. The van der Waals surface area contributed by atoms with E-state index >= 15 is 0 Å². The molecule has 1 heterocycles. The van der Waals surface area contributed by atoms with Crippen LogP contribution in [0.15, 0.2) is 65.3 Å². The van der Waals surface area contributed by atoms with Crippen LogP contribution in [-0.2, 0) is 13.1 Å². The summed E-state index contributed by atoms with van der Waals surface area (Å²) in [5.41, 5.74) is 1.45. The third-order valence-corrected chi connectivity index (χ3v) is 4.76. The molecule has 0 spiro atoms. The summed E-state index contributed by atoms with van der Waals surface area (Å²) >= 11 is 0. The number of furan rings is 1. The zero-order valence-electron chi connectivity index (χ0n) is 17.7. The molecule has 0 bridgehead atoms. The summed E-state index contributed by atoms with van der Waals surface area (Å²) in [6, 6.07) is 16.4. The van der Waals surface area contributed by atoms with E-state index in [1.165, 1.54) is 0 Å². The molecule has 0 amide bonds. The van der Waals surface area contributed by atoms with Crippen LogP contribution >= 0.6 is 0 Å². The van der Waals surface area contributed by atoms with E-state index in [2.05, 4.69) is 4.90 Å². The molecule has 3 aromatic rings. The van der Waals surface area contributed by atoms with Crippen LogP contribution in [0.25, 0.3) is 0 Å². The smallest absolute Gasteiger partial charge is 0.161 e. The number of hydrogen-bond donors (Lipinski definition) is 1. The van der Waals surface area contributed by atoms with Gasteiger partial charge in [-0.25, -0.2) is 0 Å². The summed E-state index contributed by atoms with van der Waals surface area (Å²) in [6.45, 7) is 1.48. The molecule has 1 atom stereocenters. The average molecular weight is 425 g/mol. The predicted molar refractivity (Wildman–Crippen MR) is 116 cm³/mol. The second-order valence-corrected chi connectivity index (χ2v) is 7.06. The van der Waals surface area contributed by atoms with Crippen molar-refractivity contribution in [2.45, 2.75) is 19.2 Å². The highest BCUT2D eigenvalue weighted by molar-refractivity contribution is 5.79. The SMILES string of the molecule is COc1ccc(CN(Cc2ccco2)CC(O)COc2ccccc2C=O)cc1OC. The molecule has 0 radical (unpaired) electrons. The standard InChI is InChI=1S/C24H27NO6/c1-28-23-10-9-18(12-24(23)29-2)13-25(15-21-7-5-11-30-21)14-20(27)17-31-22-8-4-3-6-19(22)16-26/h3-12,16,20,27H,13-15,17H2,1-2H3. The number of carbonyl (C=O) groups excluding carboxylic acids is 1. The maximum atomic E-state index is 11.1. The van der Waals surface area contributed by atoms with Gasteiger partial charge in [-0.3, -0.25) is 9.69 Å². The molecule has 2 aromatic carbocycles. The molecule has 3 rings (SSSR count). The van der Waals surface area contributed by atoms with Crippen molar-refractivity contribution in [1.82, 2.24) is 4.90 Å². The first-order valence-corrected chi connectivity index (χ1v) is 9.93. The molecule has 7 nitrogen and oxygen atoms in total. The van der Waals surface area contributed by atoms with E-state index in [4.69, 9.17) is 18.6 Å². The normalized spacial score (nSPS) is 11.9. The van der Waals surface area contributed by atoms with Crippen LogP contribution in [-0.4, -0.2) is 49.8 Å². The number of hydrogen-bond acceptors (Lipinski definition) is 7. The van der Waals surface area contributed by atoms with E-state index in [0.29, 0.717) is 42.4 Å². The van der Waals surface area contributed by atoms with Gasteiger partial charge in [0.25, 0.3) is 0 Å². The van der Waals surface area contributed by atoms with Crippen molar-refractivity contribution in [3.63, 3.8) is 0 Å². The Labute approximate surface area is 181 Å².